The fourth-order valence-corrected chi connectivity index (χ4v) is 4.24. The van der Waals surface area contributed by atoms with Crippen LogP contribution in [0, 0.1) is 5.82 Å². The predicted molar refractivity (Wildman–Crippen MR) is 149 cm³/mol. The van der Waals surface area contributed by atoms with Gasteiger partial charge < -0.3 is 9.47 Å². The van der Waals surface area contributed by atoms with Crippen LogP contribution in [-0.4, -0.2) is 21.2 Å². The Morgan fingerprint density at radius 2 is 1.71 bits per heavy atom. The van der Waals surface area contributed by atoms with Crippen molar-refractivity contribution in [3.8, 4) is 11.1 Å². The number of aryl methyl sites for hydroxylation is 1. The van der Waals surface area contributed by atoms with Gasteiger partial charge in [0.25, 0.3) is 5.91 Å². The molecule has 5 aromatic rings. The van der Waals surface area contributed by atoms with Crippen molar-refractivity contribution in [3.63, 3.8) is 0 Å². The Morgan fingerprint density at radius 1 is 0.974 bits per heavy atom. The zero-order valence-electron chi connectivity index (χ0n) is 22.0. The third-order valence-corrected chi connectivity index (χ3v) is 6.18. The van der Waals surface area contributed by atoms with E-state index in [9.17, 15) is 14.0 Å². The molecule has 188 valence electrons. The Labute approximate surface area is 221 Å². The molecule has 0 aliphatic carbocycles. The average Bonchev–Trinajstić information content (AvgIpc) is 3.32. The minimum atomic E-state index is -1.16. The highest BCUT2D eigenvalue weighted by Gasteiger charge is 2.19. The second-order valence-corrected chi connectivity index (χ2v) is 9.04. The average molecular weight is 505 g/mol. The number of carbonyl (C=O) groups excluding carboxylic acids is 2. The molecule has 0 bridgehead atoms. The Balaban J connectivity index is 1.52. The van der Waals surface area contributed by atoms with Crippen LogP contribution in [0.25, 0.3) is 28.2 Å². The number of benzene rings is 4. The second-order valence-electron chi connectivity index (χ2n) is 9.04. The predicted octanol–water partition coefficient (Wildman–Crippen LogP) is 6.83. The van der Waals surface area contributed by atoms with Gasteiger partial charge in [0.05, 0.1) is 25.3 Å². The van der Waals surface area contributed by atoms with Crippen molar-refractivity contribution in [1.29, 1.82) is 0 Å². The fraction of sp³-hybridized carbons (Fsp3) is 0.0938. The highest BCUT2D eigenvalue weighted by Crippen LogP contribution is 2.27. The van der Waals surface area contributed by atoms with E-state index in [-0.39, 0.29) is 11.5 Å². The molecule has 0 aliphatic heterocycles. The monoisotopic (exact) mass is 504 g/mol. The number of aromatic nitrogens is 2. The number of amides is 1. The van der Waals surface area contributed by atoms with Crippen LogP contribution in [0.4, 0.5) is 10.1 Å². The van der Waals surface area contributed by atoms with E-state index in [0.717, 1.165) is 22.2 Å². The Bertz CT molecular complexity index is 1690. The number of anilines is 1. The first-order chi connectivity index (χ1) is 18.8. The number of allylic oxidation sites excluding steroid dienone is 1. The van der Waals surface area contributed by atoms with Crippen molar-refractivity contribution in [2.75, 3.05) is 4.90 Å². The number of ketones is 1. The summed E-state index contributed by atoms with van der Waals surface area (Å²) >= 11 is 0. The summed E-state index contributed by atoms with van der Waals surface area (Å²) in [5.74, 6) is -1.19. The number of halogens is 1. The highest BCUT2D eigenvalue weighted by molar-refractivity contribution is 6.06. The normalized spacial score (nSPS) is 12.4. The molecule has 1 aromatic heterocycles. The van der Waals surface area contributed by atoms with E-state index in [0.29, 0.717) is 16.7 Å². The largest absolute Gasteiger partial charge is 0.334 e. The number of fused-ring (bicyclic) bond motifs is 1. The standard InChI is InChI=1S/C32H26FN3O2/c1-22(37)8-9-24-16-28(33)19-29(17-24)36(32(38)26-6-4-3-5-7-26)20-23-10-12-25(13-11-23)27-14-15-31-30(18-27)34-21-35(31)2/h3-19,21H,20H2,1-2H3/b9-8+/i20D. The lowest BCUT2D eigenvalue weighted by Crippen LogP contribution is -2.30. The first-order valence-electron chi connectivity index (χ1n) is 12.7. The maximum atomic E-state index is 14.7. The number of hydrogen-bond donors (Lipinski definition) is 0. The van der Waals surface area contributed by atoms with Gasteiger partial charge in [-0.3, -0.25) is 9.59 Å². The molecule has 0 saturated carbocycles. The van der Waals surface area contributed by atoms with Crippen LogP contribution < -0.4 is 4.90 Å². The number of nitrogens with zero attached hydrogens (tertiary/aromatic N) is 3. The Morgan fingerprint density at radius 3 is 2.45 bits per heavy atom. The van der Waals surface area contributed by atoms with Crippen molar-refractivity contribution in [2.24, 2.45) is 7.05 Å². The van der Waals surface area contributed by atoms with Crippen LogP contribution in [0.2, 0.25) is 0 Å². The maximum absolute atomic E-state index is 14.7. The minimum absolute atomic E-state index is 0.182. The minimum Gasteiger partial charge on any atom is -0.334 e. The molecule has 0 N–H and O–H groups in total. The summed E-state index contributed by atoms with van der Waals surface area (Å²) in [4.78, 5) is 30.8. The third kappa shape index (κ3) is 5.44. The van der Waals surface area contributed by atoms with Gasteiger partial charge in [-0.15, -0.1) is 0 Å². The van der Waals surface area contributed by atoms with E-state index in [1.807, 2.05) is 41.9 Å². The van der Waals surface area contributed by atoms with Crippen molar-refractivity contribution in [1.82, 2.24) is 9.55 Å². The molecule has 5 nitrogen and oxygen atoms in total. The van der Waals surface area contributed by atoms with Gasteiger partial charge in [0.15, 0.2) is 5.78 Å². The Kier molecular flexibility index (Phi) is 6.60. The van der Waals surface area contributed by atoms with Gasteiger partial charge in [-0.05, 0) is 77.7 Å². The number of hydrogen-bond acceptors (Lipinski definition) is 3. The van der Waals surface area contributed by atoms with E-state index in [2.05, 4.69) is 4.98 Å². The van der Waals surface area contributed by atoms with Gasteiger partial charge in [0.1, 0.15) is 5.82 Å². The lowest BCUT2D eigenvalue weighted by molar-refractivity contribution is -0.112. The van der Waals surface area contributed by atoms with Crippen molar-refractivity contribution in [3.05, 3.63) is 126 Å². The van der Waals surface area contributed by atoms with E-state index in [1.54, 1.807) is 54.9 Å². The summed E-state index contributed by atoms with van der Waals surface area (Å²) in [5, 5.41) is 0. The zero-order valence-corrected chi connectivity index (χ0v) is 21.0. The summed E-state index contributed by atoms with van der Waals surface area (Å²) in [6, 6.07) is 26.2. The maximum Gasteiger partial charge on any atom is 0.258 e. The van der Waals surface area contributed by atoms with Crippen LogP contribution in [-0.2, 0) is 18.4 Å². The molecule has 0 saturated heterocycles. The topological polar surface area (TPSA) is 55.2 Å². The van der Waals surface area contributed by atoms with Gasteiger partial charge in [0, 0.05) is 18.3 Å². The van der Waals surface area contributed by atoms with Crippen LogP contribution in [0.3, 0.4) is 0 Å². The first kappa shape index (κ1) is 23.6. The third-order valence-electron chi connectivity index (χ3n) is 6.18. The smallest absolute Gasteiger partial charge is 0.258 e. The lowest BCUT2D eigenvalue weighted by atomic mass is 10.0. The molecule has 0 spiro atoms. The molecule has 1 atom stereocenters. The molecule has 1 heterocycles. The van der Waals surface area contributed by atoms with Crippen LogP contribution in [0.1, 0.15) is 29.8 Å². The van der Waals surface area contributed by atoms with Gasteiger partial charge >= 0.3 is 0 Å². The van der Waals surface area contributed by atoms with E-state index in [4.69, 9.17) is 1.37 Å². The van der Waals surface area contributed by atoms with E-state index < -0.39 is 18.2 Å². The molecule has 6 heteroatoms. The highest BCUT2D eigenvalue weighted by atomic mass is 19.1. The number of rotatable bonds is 7. The molecule has 5 rings (SSSR count). The van der Waals surface area contributed by atoms with Crippen LogP contribution >= 0.6 is 0 Å². The molecular weight excluding hydrogens is 477 g/mol. The van der Waals surface area contributed by atoms with E-state index >= 15 is 0 Å². The summed E-state index contributed by atoms with van der Waals surface area (Å²) < 4.78 is 25.7. The van der Waals surface area contributed by atoms with Gasteiger partial charge in [-0.25, -0.2) is 9.37 Å². The molecule has 1 amide bonds. The lowest BCUT2D eigenvalue weighted by Gasteiger charge is -2.24. The number of imidazole rings is 1. The Hall–Kier alpha value is -4.84. The summed E-state index contributed by atoms with van der Waals surface area (Å²) in [5.41, 5.74) is 5.42. The van der Waals surface area contributed by atoms with Gasteiger partial charge in [-0.1, -0.05) is 54.6 Å². The van der Waals surface area contributed by atoms with Crippen molar-refractivity contribution >= 4 is 34.5 Å². The summed E-state index contributed by atoms with van der Waals surface area (Å²) in [7, 11) is 1.95. The molecule has 0 aliphatic rings. The molecule has 0 radical (unpaired) electrons. The van der Waals surface area contributed by atoms with Crippen molar-refractivity contribution < 1.29 is 15.4 Å². The summed E-state index contributed by atoms with van der Waals surface area (Å²) in [6.07, 6.45) is 4.60. The molecule has 0 fully saturated rings. The van der Waals surface area contributed by atoms with Crippen LogP contribution in [0.5, 0.6) is 0 Å². The molecule has 38 heavy (non-hydrogen) atoms. The van der Waals surface area contributed by atoms with Crippen molar-refractivity contribution in [2.45, 2.75) is 13.4 Å². The van der Waals surface area contributed by atoms with E-state index in [1.165, 1.54) is 36.1 Å². The quantitative estimate of drug-likeness (QED) is 0.228. The first-order valence-corrected chi connectivity index (χ1v) is 12.1. The van der Waals surface area contributed by atoms with Crippen LogP contribution in [0.15, 0.2) is 103 Å². The second kappa shape index (κ2) is 10.6. The fourth-order valence-electron chi connectivity index (χ4n) is 4.24. The van der Waals surface area contributed by atoms with Gasteiger partial charge in [-0.2, -0.15) is 0 Å². The zero-order chi connectivity index (χ0) is 27.5. The number of carbonyl (C=O) groups is 2. The van der Waals surface area contributed by atoms with Gasteiger partial charge in [0.2, 0.25) is 0 Å². The SMILES string of the molecule is [2H]C(c1ccc(-c2ccc3c(c2)ncn3C)cc1)N(C(=O)c1ccccc1)c1cc(F)cc(/C=C/C(C)=O)c1. The molecule has 1 unspecified atom stereocenters. The molecule has 4 aromatic carbocycles. The molecular formula is C32H26FN3O2. The summed E-state index contributed by atoms with van der Waals surface area (Å²) in [6.45, 7) is 0.247.